The standard InChI is InChI=1S/C23H26ClN5O3S/c1-4-29-22(15(2)25-20(30)13-16-5-11-19(32-3)12-6-16)27-28-23(29)33-14-21(31)26-18-9-7-17(24)8-10-18/h5-12,15H,4,13-14H2,1-3H3,(H,25,30)(H,26,31)/t15-/m0/s1. The maximum Gasteiger partial charge on any atom is 0.234 e. The van der Waals surface area contributed by atoms with Crippen LogP contribution in [0.1, 0.15) is 31.3 Å². The lowest BCUT2D eigenvalue weighted by molar-refractivity contribution is -0.121. The van der Waals surface area contributed by atoms with E-state index in [9.17, 15) is 9.59 Å². The Bertz CT molecular complexity index is 1090. The minimum atomic E-state index is -0.333. The second-order valence-corrected chi connectivity index (χ2v) is 8.62. The highest BCUT2D eigenvalue weighted by molar-refractivity contribution is 7.99. The Labute approximate surface area is 202 Å². The monoisotopic (exact) mass is 487 g/mol. The zero-order valence-corrected chi connectivity index (χ0v) is 20.2. The van der Waals surface area contributed by atoms with Gasteiger partial charge in [-0.25, -0.2) is 0 Å². The summed E-state index contributed by atoms with van der Waals surface area (Å²) in [4.78, 5) is 24.8. The van der Waals surface area contributed by atoms with E-state index in [0.717, 1.165) is 11.3 Å². The van der Waals surface area contributed by atoms with Gasteiger partial charge in [0.15, 0.2) is 11.0 Å². The number of amides is 2. The van der Waals surface area contributed by atoms with Crippen molar-refractivity contribution < 1.29 is 14.3 Å². The van der Waals surface area contributed by atoms with Crippen LogP contribution < -0.4 is 15.4 Å². The van der Waals surface area contributed by atoms with Crippen LogP contribution in [0.15, 0.2) is 53.7 Å². The summed E-state index contributed by atoms with van der Waals surface area (Å²) in [5.74, 6) is 1.29. The molecule has 0 saturated carbocycles. The van der Waals surface area contributed by atoms with Crippen LogP contribution in [-0.4, -0.2) is 39.4 Å². The molecule has 2 N–H and O–H groups in total. The molecule has 3 aromatic rings. The van der Waals surface area contributed by atoms with Gasteiger partial charge < -0.3 is 19.9 Å². The number of hydrogen-bond donors (Lipinski definition) is 2. The van der Waals surface area contributed by atoms with Gasteiger partial charge in [0, 0.05) is 17.3 Å². The number of anilines is 1. The van der Waals surface area contributed by atoms with Crippen molar-refractivity contribution in [2.24, 2.45) is 0 Å². The van der Waals surface area contributed by atoms with Crippen molar-refractivity contribution in [3.05, 3.63) is 64.9 Å². The highest BCUT2D eigenvalue weighted by Crippen LogP contribution is 2.21. The van der Waals surface area contributed by atoms with Crippen LogP contribution in [0.3, 0.4) is 0 Å². The second-order valence-electron chi connectivity index (χ2n) is 7.24. The number of benzene rings is 2. The number of nitrogens with zero attached hydrogens (tertiary/aromatic N) is 3. The van der Waals surface area contributed by atoms with Gasteiger partial charge in [-0.1, -0.05) is 35.5 Å². The van der Waals surface area contributed by atoms with Gasteiger partial charge >= 0.3 is 0 Å². The van der Waals surface area contributed by atoms with Gasteiger partial charge in [-0.2, -0.15) is 0 Å². The fraction of sp³-hybridized carbons (Fsp3) is 0.304. The normalized spacial score (nSPS) is 11.6. The smallest absolute Gasteiger partial charge is 0.234 e. The minimum absolute atomic E-state index is 0.116. The lowest BCUT2D eigenvalue weighted by Crippen LogP contribution is -2.30. The largest absolute Gasteiger partial charge is 0.497 e. The fourth-order valence-corrected chi connectivity index (χ4v) is 4.11. The quantitative estimate of drug-likeness (QED) is 0.417. The highest BCUT2D eigenvalue weighted by atomic mass is 35.5. The number of thioether (sulfide) groups is 1. The van der Waals surface area contributed by atoms with Crippen LogP contribution in [0.2, 0.25) is 5.02 Å². The summed E-state index contributed by atoms with van der Waals surface area (Å²) in [6, 6.07) is 14.0. The van der Waals surface area contributed by atoms with Crippen LogP contribution in [0, 0.1) is 0 Å². The van der Waals surface area contributed by atoms with E-state index < -0.39 is 0 Å². The Morgan fingerprint density at radius 3 is 2.42 bits per heavy atom. The number of carbonyl (C=O) groups excluding carboxylic acids is 2. The molecule has 0 unspecified atom stereocenters. The molecule has 0 aliphatic rings. The van der Waals surface area contributed by atoms with Gasteiger partial charge in [-0.15, -0.1) is 10.2 Å². The predicted octanol–water partition coefficient (Wildman–Crippen LogP) is 4.11. The van der Waals surface area contributed by atoms with Gasteiger partial charge in [0.05, 0.1) is 25.3 Å². The molecule has 0 spiro atoms. The third-order valence-electron chi connectivity index (χ3n) is 4.81. The van der Waals surface area contributed by atoms with E-state index in [1.54, 1.807) is 31.4 Å². The van der Waals surface area contributed by atoms with E-state index in [-0.39, 0.29) is 30.0 Å². The number of ether oxygens (including phenoxy) is 1. The van der Waals surface area contributed by atoms with E-state index in [1.807, 2.05) is 42.7 Å². The summed E-state index contributed by atoms with van der Waals surface area (Å²) in [6.45, 7) is 4.45. The Morgan fingerprint density at radius 2 is 1.79 bits per heavy atom. The number of halogens is 1. The van der Waals surface area contributed by atoms with Crippen LogP contribution in [0.5, 0.6) is 5.75 Å². The lowest BCUT2D eigenvalue weighted by atomic mass is 10.1. The zero-order valence-electron chi connectivity index (χ0n) is 18.7. The first kappa shape index (κ1) is 24.6. The Morgan fingerprint density at radius 1 is 1.09 bits per heavy atom. The Balaban J connectivity index is 1.56. The van der Waals surface area contributed by atoms with Gasteiger partial charge in [-0.05, 0) is 55.8 Å². The summed E-state index contributed by atoms with van der Waals surface area (Å²) in [5, 5.41) is 15.5. The van der Waals surface area contributed by atoms with Crippen molar-refractivity contribution in [3.8, 4) is 5.75 Å². The number of rotatable bonds is 10. The van der Waals surface area contributed by atoms with Crippen molar-refractivity contribution in [1.82, 2.24) is 20.1 Å². The first-order valence-corrected chi connectivity index (χ1v) is 11.8. The van der Waals surface area contributed by atoms with Crippen molar-refractivity contribution in [2.45, 2.75) is 38.0 Å². The molecule has 0 aliphatic carbocycles. The highest BCUT2D eigenvalue weighted by Gasteiger charge is 2.20. The third-order valence-corrected chi connectivity index (χ3v) is 6.03. The van der Waals surface area contributed by atoms with Crippen molar-refractivity contribution in [2.75, 3.05) is 18.2 Å². The number of hydrogen-bond acceptors (Lipinski definition) is 6. The van der Waals surface area contributed by atoms with Gasteiger partial charge in [-0.3, -0.25) is 9.59 Å². The molecule has 1 atom stereocenters. The number of carbonyl (C=O) groups is 2. The first-order valence-electron chi connectivity index (χ1n) is 10.4. The van der Waals surface area contributed by atoms with E-state index in [1.165, 1.54) is 11.8 Å². The van der Waals surface area contributed by atoms with E-state index in [4.69, 9.17) is 16.3 Å². The summed E-state index contributed by atoms with van der Waals surface area (Å²) in [7, 11) is 1.60. The van der Waals surface area contributed by atoms with Crippen molar-refractivity contribution in [3.63, 3.8) is 0 Å². The van der Waals surface area contributed by atoms with Gasteiger partial charge in [0.2, 0.25) is 11.8 Å². The average Bonchev–Trinajstić information content (AvgIpc) is 3.23. The molecule has 2 aromatic carbocycles. The predicted molar refractivity (Wildman–Crippen MR) is 130 cm³/mol. The fourth-order valence-electron chi connectivity index (χ4n) is 3.17. The van der Waals surface area contributed by atoms with Gasteiger partial charge in [0.1, 0.15) is 5.75 Å². The van der Waals surface area contributed by atoms with Crippen LogP contribution in [0.25, 0.3) is 0 Å². The first-order chi connectivity index (χ1) is 15.9. The summed E-state index contributed by atoms with van der Waals surface area (Å²) in [6.07, 6.45) is 0.251. The number of methoxy groups -OCH3 is 1. The molecule has 10 heteroatoms. The molecule has 0 fully saturated rings. The molecule has 0 bridgehead atoms. The van der Waals surface area contributed by atoms with Gasteiger partial charge in [0.25, 0.3) is 0 Å². The van der Waals surface area contributed by atoms with Crippen molar-refractivity contribution in [1.29, 1.82) is 0 Å². The molecular formula is C23H26ClN5O3S. The Hall–Kier alpha value is -3.04. The maximum atomic E-state index is 12.5. The van der Waals surface area contributed by atoms with Crippen LogP contribution in [0.4, 0.5) is 5.69 Å². The average molecular weight is 488 g/mol. The van der Waals surface area contributed by atoms with E-state index in [0.29, 0.717) is 28.2 Å². The summed E-state index contributed by atoms with van der Waals surface area (Å²) in [5.41, 5.74) is 1.57. The molecule has 174 valence electrons. The molecule has 0 aliphatic heterocycles. The molecule has 0 saturated heterocycles. The lowest BCUT2D eigenvalue weighted by Gasteiger charge is -2.15. The van der Waals surface area contributed by atoms with Crippen LogP contribution >= 0.6 is 23.4 Å². The SMILES string of the molecule is CCn1c(SCC(=O)Nc2ccc(Cl)cc2)nnc1[C@H](C)NC(=O)Cc1ccc(OC)cc1. The summed E-state index contributed by atoms with van der Waals surface area (Å²) < 4.78 is 7.04. The van der Waals surface area contributed by atoms with Crippen molar-refractivity contribution >= 4 is 40.9 Å². The van der Waals surface area contributed by atoms with E-state index in [2.05, 4.69) is 20.8 Å². The molecule has 0 radical (unpaired) electrons. The third kappa shape index (κ3) is 6.97. The molecular weight excluding hydrogens is 462 g/mol. The number of nitrogens with one attached hydrogen (secondary N) is 2. The molecule has 3 rings (SSSR count). The van der Waals surface area contributed by atoms with E-state index >= 15 is 0 Å². The molecule has 1 heterocycles. The Kier molecular flexibility index (Phi) is 8.73. The molecule has 8 nitrogen and oxygen atoms in total. The zero-order chi connectivity index (χ0) is 23.8. The molecule has 1 aromatic heterocycles. The molecule has 2 amide bonds. The second kappa shape index (κ2) is 11.7. The summed E-state index contributed by atoms with van der Waals surface area (Å²) >= 11 is 7.16. The maximum absolute atomic E-state index is 12.5. The molecule has 33 heavy (non-hydrogen) atoms. The minimum Gasteiger partial charge on any atom is -0.497 e. The number of aromatic nitrogens is 3. The van der Waals surface area contributed by atoms with Crippen LogP contribution in [-0.2, 0) is 22.6 Å². The topological polar surface area (TPSA) is 98.1 Å².